The van der Waals surface area contributed by atoms with Crippen LogP contribution in [-0.2, 0) is 19.5 Å². The smallest absolute Gasteiger partial charge is 0.341 e. The molecule has 0 fully saturated rings. The normalized spacial score (nSPS) is 11.4. The Kier molecular flexibility index (Phi) is 5.54. The molecule has 20 heavy (non-hydrogen) atoms. The Morgan fingerprint density at radius 2 is 1.95 bits per heavy atom. The molecule has 0 saturated heterocycles. The van der Waals surface area contributed by atoms with Gasteiger partial charge in [0.05, 0.1) is 12.2 Å². The molecule has 2 N–H and O–H groups in total. The van der Waals surface area contributed by atoms with Gasteiger partial charge in [-0.15, -0.1) is 0 Å². The summed E-state index contributed by atoms with van der Waals surface area (Å²) in [5.74, 6) is -3.77. The molecule has 0 atom stereocenters. The molecular weight excluding hydrogens is 296 g/mol. The minimum atomic E-state index is -4.49. The van der Waals surface area contributed by atoms with Gasteiger partial charge in [-0.1, -0.05) is 0 Å². The number of carbonyl (C=O) groups is 1. The van der Waals surface area contributed by atoms with E-state index in [9.17, 15) is 22.0 Å². The minimum absolute atomic E-state index is 0.0845. The number of benzene rings is 1. The molecule has 0 aromatic heterocycles. The van der Waals surface area contributed by atoms with Crippen molar-refractivity contribution in [2.45, 2.75) is 11.8 Å². The number of hydrogen-bond donors (Lipinski definition) is 1. The van der Waals surface area contributed by atoms with Gasteiger partial charge in [-0.2, -0.15) is 0 Å². The number of carbonyl (C=O) groups excluding carboxylic acids is 1. The number of esters is 1. The number of hydrogen-bond acceptors (Lipinski definition) is 5. The SMILES string of the molecule is CCOCCOC(=O)c1cc(F)cc(S(N)(=O)=O)c1F. The van der Waals surface area contributed by atoms with Crippen LogP contribution >= 0.6 is 0 Å². The monoisotopic (exact) mass is 309 g/mol. The van der Waals surface area contributed by atoms with Crippen LogP contribution < -0.4 is 5.14 Å². The largest absolute Gasteiger partial charge is 0.460 e. The van der Waals surface area contributed by atoms with Crippen LogP contribution in [0.25, 0.3) is 0 Å². The molecule has 6 nitrogen and oxygen atoms in total. The molecule has 0 bridgehead atoms. The van der Waals surface area contributed by atoms with Crippen molar-refractivity contribution in [3.8, 4) is 0 Å². The molecule has 1 rings (SSSR count). The van der Waals surface area contributed by atoms with E-state index in [0.717, 1.165) is 0 Å². The van der Waals surface area contributed by atoms with Crippen molar-refractivity contribution in [3.63, 3.8) is 0 Å². The zero-order chi connectivity index (χ0) is 15.3. The van der Waals surface area contributed by atoms with Gasteiger partial charge < -0.3 is 9.47 Å². The third-order valence-electron chi connectivity index (χ3n) is 2.20. The van der Waals surface area contributed by atoms with Crippen LogP contribution in [0.4, 0.5) is 8.78 Å². The molecular formula is C11H13F2NO5S. The van der Waals surface area contributed by atoms with E-state index in [2.05, 4.69) is 4.74 Å². The van der Waals surface area contributed by atoms with Gasteiger partial charge >= 0.3 is 5.97 Å². The number of sulfonamides is 1. The average Bonchev–Trinajstić information content (AvgIpc) is 2.35. The Morgan fingerprint density at radius 3 is 2.50 bits per heavy atom. The molecule has 1 aromatic rings. The molecule has 9 heteroatoms. The van der Waals surface area contributed by atoms with Crippen LogP contribution in [0.5, 0.6) is 0 Å². The van der Waals surface area contributed by atoms with Gasteiger partial charge in [0.15, 0.2) is 5.82 Å². The predicted octanol–water partition coefficient (Wildman–Crippen LogP) is 0.806. The van der Waals surface area contributed by atoms with Gasteiger partial charge in [-0.05, 0) is 19.1 Å². The van der Waals surface area contributed by atoms with Gasteiger partial charge in [0, 0.05) is 6.61 Å². The van der Waals surface area contributed by atoms with Gasteiger partial charge in [0.25, 0.3) is 0 Å². The first-order valence-electron chi connectivity index (χ1n) is 5.54. The predicted molar refractivity (Wildman–Crippen MR) is 64.5 cm³/mol. The second kappa shape index (κ2) is 6.73. The number of nitrogens with two attached hydrogens (primary N) is 1. The van der Waals surface area contributed by atoms with Gasteiger partial charge in [-0.25, -0.2) is 27.1 Å². The maximum atomic E-state index is 13.8. The number of primary sulfonamides is 1. The van der Waals surface area contributed by atoms with Crippen molar-refractivity contribution in [3.05, 3.63) is 29.3 Å². The number of ether oxygens (including phenoxy) is 2. The molecule has 0 radical (unpaired) electrons. The Labute approximate surface area is 114 Å². The van der Waals surface area contributed by atoms with Crippen LogP contribution in [-0.4, -0.2) is 34.2 Å². The first-order chi connectivity index (χ1) is 9.27. The highest BCUT2D eigenvalue weighted by atomic mass is 32.2. The number of rotatable bonds is 6. The van der Waals surface area contributed by atoms with Gasteiger partial charge in [0.2, 0.25) is 10.0 Å². The van der Waals surface area contributed by atoms with Crippen LogP contribution in [0.1, 0.15) is 17.3 Å². The molecule has 112 valence electrons. The molecule has 0 aliphatic carbocycles. The van der Waals surface area contributed by atoms with Crippen molar-refractivity contribution in [1.29, 1.82) is 0 Å². The molecule has 0 saturated carbocycles. The molecule has 0 aliphatic rings. The first-order valence-corrected chi connectivity index (χ1v) is 7.08. The summed E-state index contributed by atoms with van der Waals surface area (Å²) in [6, 6.07) is 0.925. The van der Waals surface area contributed by atoms with Gasteiger partial charge in [-0.3, -0.25) is 0 Å². The molecule has 0 heterocycles. The van der Waals surface area contributed by atoms with Crippen molar-refractivity contribution >= 4 is 16.0 Å². The van der Waals surface area contributed by atoms with E-state index >= 15 is 0 Å². The highest BCUT2D eigenvalue weighted by Crippen LogP contribution is 2.20. The minimum Gasteiger partial charge on any atom is -0.460 e. The summed E-state index contributed by atoms with van der Waals surface area (Å²) in [5, 5.41) is 4.73. The lowest BCUT2D eigenvalue weighted by Crippen LogP contribution is -2.18. The second-order valence-electron chi connectivity index (χ2n) is 3.64. The second-order valence-corrected chi connectivity index (χ2v) is 5.17. The molecule has 0 unspecified atom stereocenters. The molecule has 1 aromatic carbocycles. The van der Waals surface area contributed by atoms with Crippen molar-refractivity contribution in [1.82, 2.24) is 0 Å². The fourth-order valence-electron chi connectivity index (χ4n) is 1.34. The lowest BCUT2D eigenvalue weighted by Gasteiger charge is -2.08. The quantitative estimate of drug-likeness (QED) is 0.619. The summed E-state index contributed by atoms with van der Waals surface area (Å²) in [7, 11) is -4.49. The maximum Gasteiger partial charge on any atom is 0.341 e. The van der Waals surface area contributed by atoms with E-state index in [1.807, 2.05) is 0 Å². The fourth-order valence-corrected chi connectivity index (χ4v) is 1.97. The summed E-state index contributed by atoms with van der Waals surface area (Å²) in [5.41, 5.74) is -0.842. The average molecular weight is 309 g/mol. The van der Waals surface area contributed by atoms with E-state index < -0.39 is 38.1 Å². The van der Waals surface area contributed by atoms with Crippen molar-refractivity contribution in [2.24, 2.45) is 5.14 Å². The molecule has 0 aliphatic heterocycles. The first kappa shape index (κ1) is 16.5. The maximum absolute atomic E-state index is 13.8. The standard InChI is InChI=1S/C11H13F2NO5S/c1-2-18-3-4-19-11(15)8-5-7(12)6-9(10(8)13)20(14,16)17/h5-6H,2-4H2,1H3,(H2,14,16,17). The third kappa shape index (κ3) is 4.22. The lowest BCUT2D eigenvalue weighted by atomic mass is 10.2. The summed E-state index contributed by atoms with van der Waals surface area (Å²) in [4.78, 5) is 10.4. The van der Waals surface area contributed by atoms with Crippen LogP contribution in [0.2, 0.25) is 0 Å². The highest BCUT2D eigenvalue weighted by molar-refractivity contribution is 7.89. The van der Waals surface area contributed by atoms with Crippen LogP contribution in [0.3, 0.4) is 0 Å². The van der Waals surface area contributed by atoms with E-state index in [1.165, 1.54) is 0 Å². The van der Waals surface area contributed by atoms with Crippen molar-refractivity contribution in [2.75, 3.05) is 19.8 Å². The summed E-state index contributed by atoms with van der Waals surface area (Å²) < 4.78 is 58.7. The Bertz CT molecular complexity index is 603. The van der Waals surface area contributed by atoms with E-state index in [0.29, 0.717) is 18.7 Å². The zero-order valence-electron chi connectivity index (χ0n) is 10.6. The molecule has 0 amide bonds. The zero-order valence-corrected chi connectivity index (χ0v) is 11.4. The summed E-state index contributed by atoms with van der Waals surface area (Å²) >= 11 is 0. The Hall–Kier alpha value is -1.58. The van der Waals surface area contributed by atoms with Crippen molar-refractivity contribution < 1.29 is 31.5 Å². The van der Waals surface area contributed by atoms with Gasteiger partial charge in [0.1, 0.15) is 17.3 Å². The lowest BCUT2D eigenvalue weighted by molar-refractivity contribution is 0.0329. The number of halogens is 2. The summed E-state index contributed by atoms with van der Waals surface area (Å²) in [6.07, 6.45) is 0. The van der Waals surface area contributed by atoms with Crippen LogP contribution in [0, 0.1) is 11.6 Å². The fraction of sp³-hybridized carbons (Fsp3) is 0.364. The van der Waals surface area contributed by atoms with E-state index in [1.54, 1.807) is 6.92 Å². The highest BCUT2D eigenvalue weighted by Gasteiger charge is 2.24. The Morgan fingerprint density at radius 1 is 1.30 bits per heavy atom. The third-order valence-corrected chi connectivity index (χ3v) is 3.11. The van der Waals surface area contributed by atoms with E-state index in [-0.39, 0.29) is 13.2 Å². The Balaban J connectivity index is 3.01. The van der Waals surface area contributed by atoms with Crippen LogP contribution in [0.15, 0.2) is 17.0 Å². The summed E-state index contributed by atoms with van der Waals surface area (Å²) in [6.45, 7) is 2.04. The topological polar surface area (TPSA) is 95.7 Å². The molecule has 0 spiro atoms. The van der Waals surface area contributed by atoms with E-state index in [4.69, 9.17) is 9.88 Å².